The molecule has 70 valence electrons. The molecule has 0 spiro atoms. The van der Waals surface area contributed by atoms with Crippen LogP contribution in [0.4, 0.5) is 0 Å². The fourth-order valence-electron chi connectivity index (χ4n) is 0.889. The Morgan fingerprint density at radius 3 is 2.62 bits per heavy atom. The van der Waals surface area contributed by atoms with Gasteiger partial charge in [-0.2, -0.15) is 0 Å². The molecule has 1 aromatic heterocycles. The zero-order valence-corrected chi connectivity index (χ0v) is 7.44. The second kappa shape index (κ2) is 3.14. The molecule has 0 aromatic carbocycles. The third kappa shape index (κ3) is 2.26. The van der Waals surface area contributed by atoms with Crippen molar-refractivity contribution in [3.63, 3.8) is 0 Å². The Morgan fingerprint density at radius 2 is 2.15 bits per heavy atom. The van der Waals surface area contributed by atoms with E-state index in [2.05, 4.69) is 4.98 Å². The van der Waals surface area contributed by atoms with Crippen molar-refractivity contribution in [3.05, 3.63) is 29.6 Å². The van der Waals surface area contributed by atoms with Crippen LogP contribution in [0.5, 0.6) is 0 Å². The summed E-state index contributed by atoms with van der Waals surface area (Å²) in [7, 11) is 0. The number of carboxylic acid groups (broad SMARTS) is 1. The first-order valence-electron chi connectivity index (χ1n) is 3.82. The van der Waals surface area contributed by atoms with Gasteiger partial charge in [-0.3, -0.25) is 0 Å². The van der Waals surface area contributed by atoms with Gasteiger partial charge >= 0.3 is 0 Å². The zero-order chi connectivity index (χ0) is 10.1. The summed E-state index contributed by atoms with van der Waals surface area (Å²) in [6, 6.07) is 4.41. The maximum absolute atomic E-state index is 10.4. The smallest absolute Gasteiger partial charge is 0.101 e. The van der Waals surface area contributed by atoms with Crippen LogP contribution < -0.4 is 5.11 Å². The third-order valence-electron chi connectivity index (χ3n) is 1.59. The number of pyridine rings is 1. The van der Waals surface area contributed by atoms with Gasteiger partial charge in [-0.05, 0) is 26.0 Å². The Hall–Kier alpha value is -1.42. The minimum absolute atomic E-state index is 0.167. The number of aliphatic hydroxyl groups is 1. The molecule has 0 saturated carbocycles. The molecule has 0 saturated heterocycles. The van der Waals surface area contributed by atoms with E-state index in [4.69, 9.17) is 0 Å². The van der Waals surface area contributed by atoms with E-state index < -0.39 is 11.6 Å². The average molecular weight is 180 g/mol. The van der Waals surface area contributed by atoms with E-state index in [0.717, 1.165) is 0 Å². The maximum atomic E-state index is 10.4. The Balaban J connectivity index is 3.13. The van der Waals surface area contributed by atoms with E-state index in [0.29, 0.717) is 5.69 Å². The number of nitrogens with zero attached hydrogens (tertiary/aromatic N) is 1. The summed E-state index contributed by atoms with van der Waals surface area (Å²) in [5.41, 5.74) is -0.986. The fourth-order valence-corrected chi connectivity index (χ4v) is 0.889. The van der Waals surface area contributed by atoms with Gasteiger partial charge in [0.25, 0.3) is 0 Å². The summed E-state index contributed by atoms with van der Waals surface area (Å²) >= 11 is 0. The monoisotopic (exact) mass is 180 g/mol. The highest BCUT2D eigenvalue weighted by atomic mass is 16.4. The van der Waals surface area contributed by atoms with Gasteiger partial charge in [-0.25, -0.2) is 4.98 Å². The topological polar surface area (TPSA) is 73.2 Å². The number of carboxylic acids is 1. The van der Waals surface area contributed by atoms with Crippen LogP contribution >= 0.6 is 0 Å². The van der Waals surface area contributed by atoms with Gasteiger partial charge in [0.05, 0.1) is 17.4 Å². The molecule has 0 radical (unpaired) electrons. The Kier molecular flexibility index (Phi) is 2.34. The van der Waals surface area contributed by atoms with E-state index in [1.54, 1.807) is 6.07 Å². The summed E-state index contributed by atoms with van der Waals surface area (Å²) in [6.07, 6.45) is 0. The summed E-state index contributed by atoms with van der Waals surface area (Å²) in [4.78, 5) is 14.2. The number of aromatic carboxylic acids is 1. The lowest BCUT2D eigenvalue weighted by Gasteiger charge is -2.17. The molecule has 4 heteroatoms. The molecular weight excluding hydrogens is 170 g/mol. The highest BCUT2D eigenvalue weighted by Crippen LogP contribution is 2.16. The van der Waals surface area contributed by atoms with Crippen molar-refractivity contribution < 1.29 is 15.0 Å². The molecule has 0 fully saturated rings. The molecule has 0 bridgehead atoms. The summed E-state index contributed by atoms with van der Waals surface area (Å²) in [6.45, 7) is 3.07. The summed E-state index contributed by atoms with van der Waals surface area (Å²) in [5.74, 6) is -1.34. The van der Waals surface area contributed by atoms with Gasteiger partial charge in [0.1, 0.15) is 5.60 Å². The Morgan fingerprint density at radius 1 is 1.54 bits per heavy atom. The van der Waals surface area contributed by atoms with Crippen molar-refractivity contribution in [2.75, 3.05) is 0 Å². The Bertz CT molecular complexity index is 328. The molecule has 0 aliphatic heterocycles. The minimum atomic E-state index is -1.34. The van der Waals surface area contributed by atoms with Crippen molar-refractivity contribution in [1.82, 2.24) is 4.98 Å². The van der Waals surface area contributed by atoms with Crippen molar-refractivity contribution >= 4 is 5.97 Å². The second-order valence-electron chi connectivity index (χ2n) is 3.25. The van der Waals surface area contributed by atoms with E-state index >= 15 is 0 Å². The van der Waals surface area contributed by atoms with Gasteiger partial charge < -0.3 is 15.0 Å². The first-order valence-corrected chi connectivity index (χ1v) is 3.82. The first-order chi connectivity index (χ1) is 5.91. The SMILES string of the molecule is CC(C)(O)c1cccc(C(=O)[O-])n1. The molecule has 1 N–H and O–H groups in total. The number of carbonyl (C=O) groups excluding carboxylic acids is 1. The minimum Gasteiger partial charge on any atom is -0.543 e. The average Bonchev–Trinajstić information content (AvgIpc) is 2.03. The third-order valence-corrected chi connectivity index (χ3v) is 1.59. The molecule has 4 nitrogen and oxygen atoms in total. The number of carbonyl (C=O) groups is 1. The highest BCUT2D eigenvalue weighted by molar-refractivity contribution is 5.83. The predicted molar refractivity (Wildman–Crippen MR) is 43.8 cm³/mol. The lowest BCUT2D eigenvalue weighted by atomic mass is 10.0. The van der Waals surface area contributed by atoms with Crippen molar-refractivity contribution in [1.29, 1.82) is 0 Å². The zero-order valence-electron chi connectivity index (χ0n) is 7.44. The van der Waals surface area contributed by atoms with Crippen LogP contribution in [0.1, 0.15) is 30.0 Å². The Labute approximate surface area is 75.9 Å². The van der Waals surface area contributed by atoms with Crippen LogP contribution in [-0.2, 0) is 5.60 Å². The van der Waals surface area contributed by atoms with E-state index in [1.165, 1.54) is 26.0 Å². The van der Waals surface area contributed by atoms with Crippen LogP contribution in [0.25, 0.3) is 0 Å². The lowest BCUT2D eigenvalue weighted by molar-refractivity contribution is -0.255. The number of hydrogen-bond acceptors (Lipinski definition) is 4. The van der Waals surface area contributed by atoms with Gasteiger partial charge in [-0.15, -0.1) is 0 Å². The van der Waals surface area contributed by atoms with Crippen molar-refractivity contribution in [3.8, 4) is 0 Å². The van der Waals surface area contributed by atoms with Crippen LogP contribution in [0, 0.1) is 0 Å². The van der Waals surface area contributed by atoms with Crippen LogP contribution in [0.2, 0.25) is 0 Å². The van der Waals surface area contributed by atoms with E-state index in [1.807, 2.05) is 0 Å². The first kappa shape index (κ1) is 9.67. The summed E-state index contributed by atoms with van der Waals surface area (Å²) < 4.78 is 0. The quantitative estimate of drug-likeness (QED) is 0.676. The van der Waals surface area contributed by atoms with Gasteiger partial charge in [0.15, 0.2) is 0 Å². The molecule has 0 amide bonds. The summed E-state index contributed by atoms with van der Waals surface area (Å²) in [5, 5.41) is 19.9. The number of rotatable bonds is 2. The standard InChI is InChI=1S/C9H11NO3/c1-9(2,13)7-5-3-4-6(10-7)8(11)12/h3-5,13H,1-2H3,(H,11,12)/p-1. The fraction of sp³-hybridized carbons (Fsp3) is 0.333. The molecule has 13 heavy (non-hydrogen) atoms. The molecule has 0 atom stereocenters. The van der Waals surface area contributed by atoms with E-state index in [9.17, 15) is 15.0 Å². The normalized spacial score (nSPS) is 11.3. The van der Waals surface area contributed by atoms with Crippen molar-refractivity contribution in [2.24, 2.45) is 0 Å². The molecule has 1 rings (SSSR count). The number of hydrogen-bond donors (Lipinski definition) is 1. The molecule has 0 aliphatic rings. The van der Waals surface area contributed by atoms with E-state index in [-0.39, 0.29) is 5.69 Å². The van der Waals surface area contributed by atoms with Gasteiger partial charge in [0.2, 0.25) is 0 Å². The van der Waals surface area contributed by atoms with Gasteiger partial charge in [0, 0.05) is 0 Å². The molecule has 1 aromatic rings. The van der Waals surface area contributed by atoms with Crippen molar-refractivity contribution in [2.45, 2.75) is 19.4 Å². The lowest BCUT2D eigenvalue weighted by Crippen LogP contribution is -2.26. The van der Waals surface area contributed by atoms with Crippen LogP contribution in [0.15, 0.2) is 18.2 Å². The number of aromatic nitrogens is 1. The highest BCUT2D eigenvalue weighted by Gasteiger charge is 2.17. The van der Waals surface area contributed by atoms with Crippen LogP contribution in [-0.4, -0.2) is 16.1 Å². The molecule has 1 heterocycles. The predicted octanol–water partition coefficient (Wildman–Crippen LogP) is -0.328. The second-order valence-corrected chi connectivity index (χ2v) is 3.25. The molecular formula is C9H10NO3-. The van der Waals surface area contributed by atoms with Crippen LogP contribution in [0.3, 0.4) is 0 Å². The molecule has 0 aliphatic carbocycles. The molecule has 0 unspecified atom stereocenters. The maximum Gasteiger partial charge on any atom is 0.101 e. The largest absolute Gasteiger partial charge is 0.543 e. The van der Waals surface area contributed by atoms with Gasteiger partial charge in [-0.1, -0.05) is 6.07 Å².